The molecule has 1 nitrogen and oxygen atoms in total. The molecule has 1 aromatic heterocycles. The first kappa shape index (κ1) is 19.7. The van der Waals surface area contributed by atoms with Crippen molar-refractivity contribution in [3.05, 3.63) is 139 Å². The van der Waals surface area contributed by atoms with Gasteiger partial charge in [0.1, 0.15) is 0 Å². The normalized spacial score (nSPS) is 11.0. The minimum absolute atomic E-state index is 0.981. The zero-order valence-electron chi connectivity index (χ0n) is 17.7. The van der Waals surface area contributed by atoms with Gasteiger partial charge in [-0.05, 0) is 34.4 Å². The van der Waals surface area contributed by atoms with Crippen LogP contribution in [0.4, 0.5) is 0 Å². The quantitative estimate of drug-likeness (QED) is 0.266. The molecule has 0 N–H and O–H groups in total. The highest BCUT2D eigenvalue weighted by atomic mass is 14.7. The van der Waals surface area contributed by atoms with Crippen molar-refractivity contribution < 1.29 is 0 Å². The Kier molecular flexibility index (Phi) is 5.72. The first-order valence-electron chi connectivity index (χ1n) is 10.8. The molecule has 0 spiro atoms. The zero-order valence-corrected chi connectivity index (χ0v) is 17.7. The van der Waals surface area contributed by atoms with Gasteiger partial charge in [0.05, 0.1) is 11.4 Å². The molecule has 0 saturated heterocycles. The number of nitrogens with zero attached hydrogens (tertiary/aromatic N) is 1. The molecular weight excluding hydrogens is 386 g/mol. The molecular formula is C31H23N. The van der Waals surface area contributed by atoms with Crippen LogP contribution in [0.5, 0.6) is 0 Å². The molecule has 0 aliphatic rings. The SMILES string of the molecule is C(=Cc1ccc(-c2cc(-c3ccccc3)nc(-c3ccccc3)c2)cc1)c1ccccc1. The van der Waals surface area contributed by atoms with E-state index in [1.54, 1.807) is 0 Å². The Morgan fingerprint density at radius 2 is 0.812 bits per heavy atom. The average molecular weight is 410 g/mol. The van der Waals surface area contributed by atoms with E-state index in [-0.39, 0.29) is 0 Å². The third kappa shape index (κ3) is 4.58. The van der Waals surface area contributed by atoms with Crippen LogP contribution in [-0.2, 0) is 0 Å². The number of hydrogen-bond acceptors (Lipinski definition) is 1. The maximum atomic E-state index is 4.97. The van der Waals surface area contributed by atoms with E-state index in [2.05, 4.69) is 121 Å². The van der Waals surface area contributed by atoms with Crippen molar-refractivity contribution in [1.29, 1.82) is 0 Å². The minimum Gasteiger partial charge on any atom is -0.248 e. The van der Waals surface area contributed by atoms with Crippen molar-refractivity contribution in [2.24, 2.45) is 0 Å². The van der Waals surface area contributed by atoms with Crippen molar-refractivity contribution >= 4 is 12.2 Å². The van der Waals surface area contributed by atoms with E-state index in [0.717, 1.165) is 28.1 Å². The maximum Gasteiger partial charge on any atom is 0.0715 e. The lowest BCUT2D eigenvalue weighted by atomic mass is 9.99. The van der Waals surface area contributed by atoms with E-state index in [1.165, 1.54) is 16.7 Å². The molecule has 0 saturated carbocycles. The van der Waals surface area contributed by atoms with E-state index in [1.807, 2.05) is 18.2 Å². The molecule has 5 rings (SSSR count). The first-order valence-corrected chi connectivity index (χ1v) is 10.8. The van der Waals surface area contributed by atoms with E-state index in [0.29, 0.717) is 0 Å². The standard InChI is InChI=1S/C31H23N/c1-4-10-24(11-5-1)16-17-25-18-20-26(21-19-25)29-22-30(27-12-6-2-7-13-27)32-31(23-29)28-14-8-3-9-15-28/h1-23H. The molecule has 0 bridgehead atoms. The molecule has 5 aromatic rings. The number of rotatable bonds is 5. The van der Waals surface area contributed by atoms with Gasteiger partial charge in [-0.1, -0.05) is 127 Å². The summed E-state index contributed by atoms with van der Waals surface area (Å²) in [6.45, 7) is 0. The van der Waals surface area contributed by atoms with Gasteiger partial charge in [-0.2, -0.15) is 0 Å². The molecule has 152 valence electrons. The molecule has 0 aliphatic carbocycles. The molecule has 0 radical (unpaired) electrons. The van der Waals surface area contributed by atoms with Crippen LogP contribution in [-0.4, -0.2) is 4.98 Å². The van der Waals surface area contributed by atoms with Gasteiger partial charge in [-0.3, -0.25) is 0 Å². The van der Waals surface area contributed by atoms with Crippen molar-refractivity contribution in [2.45, 2.75) is 0 Å². The Morgan fingerprint density at radius 3 is 1.31 bits per heavy atom. The summed E-state index contributed by atoms with van der Waals surface area (Å²) in [6.07, 6.45) is 4.29. The van der Waals surface area contributed by atoms with Crippen LogP contribution in [0.25, 0.3) is 45.8 Å². The van der Waals surface area contributed by atoms with Crippen LogP contribution >= 0.6 is 0 Å². The molecule has 1 heterocycles. The van der Waals surface area contributed by atoms with Crippen LogP contribution in [0.3, 0.4) is 0 Å². The van der Waals surface area contributed by atoms with Crippen LogP contribution in [0.2, 0.25) is 0 Å². The minimum atomic E-state index is 0.981. The van der Waals surface area contributed by atoms with E-state index in [9.17, 15) is 0 Å². The lowest BCUT2D eigenvalue weighted by molar-refractivity contribution is 1.32. The molecule has 0 aliphatic heterocycles. The molecule has 0 fully saturated rings. The van der Waals surface area contributed by atoms with Gasteiger partial charge in [0, 0.05) is 11.1 Å². The van der Waals surface area contributed by atoms with Crippen molar-refractivity contribution in [2.75, 3.05) is 0 Å². The van der Waals surface area contributed by atoms with Crippen LogP contribution in [0, 0.1) is 0 Å². The Labute approximate surface area is 189 Å². The van der Waals surface area contributed by atoms with Gasteiger partial charge in [-0.25, -0.2) is 4.98 Å². The topological polar surface area (TPSA) is 12.9 Å². The predicted octanol–water partition coefficient (Wildman–Crippen LogP) is 8.25. The largest absolute Gasteiger partial charge is 0.248 e. The second-order valence-corrected chi connectivity index (χ2v) is 7.72. The highest BCUT2D eigenvalue weighted by molar-refractivity contribution is 5.78. The lowest BCUT2D eigenvalue weighted by Crippen LogP contribution is -1.91. The summed E-state index contributed by atoms with van der Waals surface area (Å²) in [5.74, 6) is 0. The predicted molar refractivity (Wildman–Crippen MR) is 136 cm³/mol. The van der Waals surface area contributed by atoms with Crippen molar-refractivity contribution in [3.8, 4) is 33.6 Å². The fourth-order valence-electron chi connectivity index (χ4n) is 3.75. The monoisotopic (exact) mass is 409 g/mol. The van der Waals surface area contributed by atoms with Crippen LogP contribution < -0.4 is 0 Å². The maximum absolute atomic E-state index is 4.97. The summed E-state index contributed by atoms with van der Waals surface area (Å²) in [7, 11) is 0. The fraction of sp³-hybridized carbons (Fsp3) is 0. The Bertz CT molecular complexity index is 1260. The zero-order chi connectivity index (χ0) is 21.6. The van der Waals surface area contributed by atoms with Gasteiger partial charge in [0.15, 0.2) is 0 Å². The van der Waals surface area contributed by atoms with E-state index < -0.39 is 0 Å². The van der Waals surface area contributed by atoms with Gasteiger partial charge in [0.25, 0.3) is 0 Å². The fourth-order valence-corrected chi connectivity index (χ4v) is 3.75. The van der Waals surface area contributed by atoms with Gasteiger partial charge >= 0.3 is 0 Å². The summed E-state index contributed by atoms with van der Waals surface area (Å²) < 4.78 is 0. The summed E-state index contributed by atoms with van der Waals surface area (Å²) in [6, 6.07) is 44.2. The van der Waals surface area contributed by atoms with Crippen LogP contribution in [0.15, 0.2) is 127 Å². The van der Waals surface area contributed by atoms with E-state index in [4.69, 9.17) is 4.98 Å². The highest BCUT2D eigenvalue weighted by Gasteiger charge is 2.08. The number of hydrogen-bond donors (Lipinski definition) is 0. The molecule has 4 aromatic carbocycles. The van der Waals surface area contributed by atoms with Gasteiger partial charge in [-0.15, -0.1) is 0 Å². The second kappa shape index (κ2) is 9.28. The van der Waals surface area contributed by atoms with Crippen molar-refractivity contribution in [3.63, 3.8) is 0 Å². The molecule has 0 unspecified atom stereocenters. The van der Waals surface area contributed by atoms with E-state index >= 15 is 0 Å². The Balaban J connectivity index is 1.51. The second-order valence-electron chi connectivity index (χ2n) is 7.72. The molecule has 0 atom stereocenters. The highest BCUT2D eigenvalue weighted by Crippen LogP contribution is 2.30. The third-order valence-corrected chi connectivity index (χ3v) is 5.48. The summed E-state index contributed by atoms with van der Waals surface area (Å²) in [5, 5.41) is 0. The summed E-state index contributed by atoms with van der Waals surface area (Å²) in [5.41, 5.74) is 8.92. The Hall–Kier alpha value is -4.23. The average Bonchev–Trinajstić information content (AvgIpc) is 2.89. The number of pyridine rings is 1. The first-order chi connectivity index (χ1) is 15.8. The smallest absolute Gasteiger partial charge is 0.0715 e. The van der Waals surface area contributed by atoms with Gasteiger partial charge in [0.2, 0.25) is 0 Å². The summed E-state index contributed by atoms with van der Waals surface area (Å²) in [4.78, 5) is 4.97. The number of aromatic nitrogens is 1. The summed E-state index contributed by atoms with van der Waals surface area (Å²) >= 11 is 0. The van der Waals surface area contributed by atoms with Crippen molar-refractivity contribution in [1.82, 2.24) is 4.98 Å². The lowest BCUT2D eigenvalue weighted by Gasteiger charge is -2.10. The number of benzene rings is 4. The molecule has 32 heavy (non-hydrogen) atoms. The van der Waals surface area contributed by atoms with Crippen LogP contribution in [0.1, 0.15) is 11.1 Å². The Morgan fingerprint density at radius 1 is 0.375 bits per heavy atom. The molecule has 0 amide bonds. The molecule has 1 heteroatoms. The van der Waals surface area contributed by atoms with Gasteiger partial charge < -0.3 is 0 Å². The third-order valence-electron chi connectivity index (χ3n) is 5.48.